The van der Waals surface area contributed by atoms with Gasteiger partial charge in [0, 0.05) is 18.0 Å². The van der Waals surface area contributed by atoms with Gasteiger partial charge in [0.2, 0.25) is 0 Å². The Labute approximate surface area is 122 Å². The summed E-state index contributed by atoms with van der Waals surface area (Å²) in [5.74, 6) is -0.348. The van der Waals surface area contributed by atoms with Crippen LogP contribution in [0.2, 0.25) is 0 Å². The molecule has 0 bridgehead atoms. The number of aliphatic hydroxyl groups is 1. The number of aliphatic hydroxyl groups excluding tert-OH is 1. The van der Waals surface area contributed by atoms with Gasteiger partial charge >= 0.3 is 0 Å². The van der Waals surface area contributed by atoms with Gasteiger partial charge in [0.15, 0.2) is 0 Å². The molecule has 2 heterocycles. The minimum absolute atomic E-state index is 0. The lowest BCUT2D eigenvalue weighted by Gasteiger charge is -2.08. The molecule has 0 aliphatic carbocycles. The number of aromatic nitrogens is 2. The maximum absolute atomic E-state index is 11.4. The van der Waals surface area contributed by atoms with E-state index in [-0.39, 0.29) is 30.4 Å². The number of halogens is 1. The molecule has 0 spiro atoms. The molecule has 0 unspecified atom stereocenters. The first-order valence-corrected chi connectivity index (χ1v) is 5.77. The number of nitrogens with zero attached hydrogens (tertiary/aromatic N) is 2. The third kappa shape index (κ3) is 3.23. The Morgan fingerprint density at radius 3 is 2.50 bits per heavy atom. The zero-order chi connectivity index (χ0) is 13.8. The highest BCUT2D eigenvalue weighted by Crippen LogP contribution is 2.20. The van der Waals surface area contributed by atoms with Gasteiger partial charge < -0.3 is 23.2 Å². The van der Waals surface area contributed by atoms with Crippen molar-refractivity contribution in [2.45, 2.75) is 6.54 Å². The number of anilines is 1. The summed E-state index contributed by atoms with van der Waals surface area (Å²) in [4.78, 5) is 15.4. The van der Waals surface area contributed by atoms with Crippen LogP contribution in [0.25, 0.3) is 11.1 Å². The van der Waals surface area contributed by atoms with E-state index in [1.165, 1.54) is 0 Å². The average molecular weight is 295 g/mol. The average Bonchev–Trinajstić information content (AvgIpc) is 2.42. The van der Waals surface area contributed by atoms with Crippen molar-refractivity contribution in [2.75, 3.05) is 12.3 Å². The highest BCUT2D eigenvalue weighted by molar-refractivity contribution is 5.97. The summed E-state index contributed by atoms with van der Waals surface area (Å²) in [7, 11) is 0. The van der Waals surface area contributed by atoms with Crippen LogP contribution in [0.3, 0.4) is 0 Å². The summed E-state index contributed by atoms with van der Waals surface area (Å²) in [6.45, 7) is 0.220. The zero-order valence-electron chi connectivity index (χ0n) is 10.7. The summed E-state index contributed by atoms with van der Waals surface area (Å²) >= 11 is 0. The van der Waals surface area contributed by atoms with Crippen molar-refractivity contribution in [3.8, 4) is 11.1 Å². The summed E-state index contributed by atoms with van der Waals surface area (Å²) < 4.78 is 1.61. The highest BCUT2D eigenvalue weighted by Gasteiger charge is 2.18. The van der Waals surface area contributed by atoms with E-state index in [1.54, 1.807) is 29.2 Å². The minimum atomic E-state index is -0.597. The number of hydrogen-bond donors (Lipinski definition) is 3. The molecule has 7 heteroatoms. The van der Waals surface area contributed by atoms with Crippen LogP contribution in [0.4, 0.5) is 5.82 Å². The van der Waals surface area contributed by atoms with Gasteiger partial charge in [0.1, 0.15) is 12.1 Å². The lowest BCUT2D eigenvalue weighted by Crippen LogP contribution is -3.00. The fourth-order valence-electron chi connectivity index (χ4n) is 1.85. The number of rotatable bonds is 4. The molecular weight excluding hydrogens is 280 g/mol. The zero-order valence-corrected chi connectivity index (χ0v) is 11.4. The molecule has 0 aliphatic heterocycles. The molecule has 5 N–H and O–H groups in total. The monoisotopic (exact) mass is 294 g/mol. The number of carbonyl (C=O) groups is 1. The highest BCUT2D eigenvalue weighted by atomic mass is 35.5. The number of nitrogen functional groups attached to an aromatic ring is 1. The molecule has 106 valence electrons. The van der Waals surface area contributed by atoms with Gasteiger partial charge in [0.25, 0.3) is 11.7 Å². The van der Waals surface area contributed by atoms with Gasteiger partial charge in [-0.1, -0.05) is 0 Å². The first-order chi connectivity index (χ1) is 9.13. The minimum Gasteiger partial charge on any atom is -1.00 e. The summed E-state index contributed by atoms with van der Waals surface area (Å²) in [5, 5.41) is 9.03. The molecule has 1 amide bonds. The first-order valence-electron chi connectivity index (χ1n) is 5.77. The Morgan fingerprint density at radius 1 is 1.30 bits per heavy atom. The second-order valence-electron chi connectivity index (χ2n) is 4.04. The number of nitrogens with two attached hydrogens (primary N) is 2. The molecule has 0 saturated carbocycles. The van der Waals surface area contributed by atoms with Crippen LogP contribution >= 0.6 is 0 Å². The van der Waals surface area contributed by atoms with E-state index in [0.29, 0.717) is 6.54 Å². The van der Waals surface area contributed by atoms with Gasteiger partial charge in [-0.05, 0) is 23.8 Å². The van der Waals surface area contributed by atoms with Gasteiger partial charge in [0.05, 0.1) is 12.8 Å². The van der Waals surface area contributed by atoms with Crippen LogP contribution in [0.5, 0.6) is 0 Å². The van der Waals surface area contributed by atoms with Crippen molar-refractivity contribution in [2.24, 2.45) is 5.73 Å². The van der Waals surface area contributed by atoms with Crippen molar-refractivity contribution in [1.29, 1.82) is 0 Å². The van der Waals surface area contributed by atoms with Crippen molar-refractivity contribution in [1.82, 2.24) is 4.98 Å². The Morgan fingerprint density at radius 2 is 1.95 bits per heavy atom. The summed E-state index contributed by atoms with van der Waals surface area (Å²) in [5.41, 5.74) is 13.1. The van der Waals surface area contributed by atoms with Crippen LogP contribution in [-0.2, 0) is 6.54 Å². The Kier molecular flexibility index (Phi) is 5.42. The second-order valence-corrected chi connectivity index (χ2v) is 4.04. The van der Waals surface area contributed by atoms with Crippen molar-refractivity contribution >= 4 is 11.7 Å². The topological polar surface area (TPSA) is 106 Å². The standard InChI is InChI=1S/C13H14N4O2.ClH/c14-12-11(13(15)19)7-10(8-17(12)5-6-18)9-1-3-16-4-2-9;/h1-4,7-8,14,18H,5-6H2,(H2,15,19);1H. The van der Waals surface area contributed by atoms with Gasteiger partial charge in [-0.3, -0.25) is 15.5 Å². The van der Waals surface area contributed by atoms with E-state index in [9.17, 15) is 4.79 Å². The smallest absolute Gasteiger partial charge is 0.285 e. The van der Waals surface area contributed by atoms with Crippen LogP contribution < -0.4 is 28.4 Å². The lowest BCUT2D eigenvalue weighted by molar-refractivity contribution is -0.683. The van der Waals surface area contributed by atoms with E-state index < -0.39 is 5.91 Å². The lowest BCUT2D eigenvalue weighted by atomic mass is 10.1. The molecule has 0 saturated heterocycles. The molecule has 6 nitrogen and oxygen atoms in total. The van der Waals surface area contributed by atoms with E-state index in [2.05, 4.69) is 4.98 Å². The van der Waals surface area contributed by atoms with Crippen LogP contribution in [0, 0.1) is 0 Å². The Hall–Kier alpha value is -2.18. The molecule has 0 atom stereocenters. The summed E-state index contributed by atoms with van der Waals surface area (Å²) in [6.07, 6.45) is 5.09. The van der Waals surface area contributed by atoms with Gasteiger partial charge in [-0.2, -0.15) is 0 Å². The SMILES string of the molecule is NC(=O)c1cc(-c2ccncc2)c[n+](CCO)c1N.[Cl-]. The Bertz CT molecular complexity index is 605. The fourth-order valence-corrected chi connectivity index (χ4v) is 1.85. The third-order valence-corrected chi connectivity index (χ3v) is 2.80. The number of hydrogen-bond acceptors (Lipinski definition) is 4. The van der Waals surface area contributed by atoms with E-state index >= 15 is 0 Å². The number of pyridine rings is 2. The van der Waals surface area contributed by atoms with E-state index in [4.69, 9.17) is 16.6 Å². The Balaban J connectivity index is 0.00000200. The fraction of sp³-hybridized carbons (Fsp3) is 0.154. The second kappa shape index (κ2) is 6.83. The third-order valence-electron chi connectivity index (χ3n) is 2.80. The quantitative estimate of drug-likeness (QED) is 0.514. The maximum atomic E-state index is 11.4. The first kappa shape index (κ1) is 15.9. The van der Waals surface area contributed by atoms with Crippen molar-refractivity contribution in [3.05, 3.63) is 42.4 Å². The molecule has 20 heavy (non-hydrogen) atoms. The van der Waals surface area contributed by atoms with Crippen LogP contribution in [0.15, 0.2) is 36.8 Å². The van der Waals surface area contributed by atoms with E-state index in [1.807, 2.05) is 12.1 Å². The van der Waals surface area contributed by atoms with Gasteiger partial charge in [-0.25, -0.2) is 4.57 Å². The number of carbonyl (C=O) groups excluding carboxylic acids is 1. The molecule has 0 radical (unpaired) electrons. The van der Waals surface area contributed by atoms with Crippen LogP contribution in [0.1, 0.15) is 10.4 Å². The molecule has 2 rings (SSSR count). The maximum Gasteiger partial charge on any atom is 0.285 e. The summed E-state index contributed by atoms with van der Waals surface area (Å²) in [6, 6.07) is 5.28. The number of amides is 1. The predicted molar refractivity (Wildman–Crippen MR) is 69.9 cm³/mol. The molecule has 2 aromatic heterocycles. The number of primary amides is 1. The molecular formula is C13H15ClN4O2. The molecule has 2 aromatic rings. The molecule has 0 fully saturated rings. The largest absolute Gasteiger partial charge is 1.00 e. The predicted octanol–water partition coefficient (Wildman–Crippen LogP) is -3.29. The molecule has 0 aromatic carbocycles. The van der Waals surface area contributed by atoms with Crippen molar-refractivity contribution in [3.63, 3.8) is 0 Å². The van der Waals surface area contributed by atoms with E-state index in [0.717, 1.165) is 11.1 Å². The normalized spacial score (nSPS) is 9.85. The van der Waals surface area contributed by atoms with Crippen molar-refractivity contribution < 1.29 is 26.9 Å². The van der Waals surface area contributed by atoms with Gasteiger partial charge in [-0.15, -0.1) is 0 Å². The molecule has 0 aliphatic rings. The van der Waals surface area contributed by atoms with Crippen LogP contribution in [-0.4, -0.2) is 22.6 Å².